The molecule has 0 bridgehead atoms. The van der Waals surface area contributed by atoms with Crippen molar-refractivity contribution in [3.05, 3.63) is 75.1 Å². The highest BCUT2D eigenvalue weighted by Gasteiger charge is 2.24. The van der Waals surface area contributed by atoms with E-state index < -0.39 is 21.4 Å². The summed E-state index contributed by atoms with van der Waals surface area (Å²) in [5.74, 6) is -0.794. The molecule has 1 aromatic heterocycles. The maximum Gasteiger partial charge on any atom is 0.422 e. The Hall–Kier alpha value is -2.71. The molecule has 7 nitrogen and oxygen atoms in total. The lowest BCUT2D eigenvalue weighted by Crippen LogP contribution is -2.30. The van der Waals surface area contributed by atoms with E-state index in [1.54, 1.807) is 6.92 Å². The van der Waals surface area contributed by atoms with Crippen LogP contribution in [-0.2, 0) is 23.6 Å². The van der Waals surface area contributed by atoms with Crippen LogP contribution in [0.15, 0.2) is 67.4 Å². The molecule has 136 valence electrons. The summed E-state index contributed by atoms with van der Waals surface area (Å²) in [4.78, 5) is 23.5. The first-order valence-electron chi connectivity index (χ1n) is 8.02. The monoisotopic (exact) mass is 374 g/mol. The highest BCUT2D eigenvalue weighted by atomic mass is 32.2. The second kappa shape index (κ2) is 6.89. The lowest BCUT2D eigenvalue weighted by Gasteiger charge is -2.21. The first-order valence-corrected chi connectivity index (χ1v) is 9.46. The quantitative estimate of drug-likeness (QED) is 0.678. The molecule has 0 atom stereocenters. The van der Waals surface area contributed by atoms with Crippen LogP contribution in [0.25, 0.3) is 10.9 Å². The highest BCUT2D eigenvalue weighted by Crippen LogP contribution is 2.21. The van der Waals surface area contributed by atoms with Crippen molar-refractivity contribution in [3.8, 4) is 0 Å². The lowest BCUT2D eigenvalue weighted by atomic mass is 10.2. The van der Waals surface area contributed by atoms with Gasteiger partial charge in [0.05, 0.1) is 15.8 Å². The van der Waals surface area contributed by atoms with Gasteiger partial charge in [0, 0.05) is 20.1 Å². The van der Waals surface area contributed by atoms with Crippen molar-refractivity contribution in [1.29, 1.82) is 0 Å². The van der Waals surface area contributed by atoms with Crippen molar-refractivity contribution >= 4 is 20.9 Å². The van der Waals surface area contributed by atoms with Gasteiger partial charge in [0.2, 0.25) is 10.0 Å². The third-order valence-corrected chi connectivity index (χ3v) is 6.11. The lowest BCUT2D eigenvalue weighted by molar-refractivity contribution is 0.423. The van der Waals surface area contributed by atoms with Crippen LogP contribution in [0, 0.1) is 0 Å². The van der Waals surface area contributed by atoms with E-state index in [1.807, 2.05) is 30.3 Å². The van der Waals surface area contributed by atoms with Gasteiger partial charge in [-0.2, -0.15) is 4.31 Å². The zero-order valence-corrected chi connectivity index (χ0v) is 15.2. The molecule has 0 saturated carbocycles. The molecule has 0 radical (unpaired) electrons. The van der Waals surface area contributed by atoms with Gasteiger partial charge in [0.25, 0.3) is 0 Å². The topological polar surface area (TPSA) is 89.6 Å². The van der Waals surface area contributed by atoms with Gasteiger partial charge in [-0.1, -0.05) is 37.3 Å². The highest BCUT2D eigenvalue weighted by molar-refractivity contribution is 7.89. The Bertz CT molecular complexity index is 1160. The number of aryl methyl sites for hydroxylation is 1. The van der Waals surface area contributed by atoms with Crippen molar-refractivity contribution in [2.24, 2.45) is 7.05 Å². The van der Waals surface area contributed by atoms with Crippen molar-refractivity contribution in [1.82, 2.24) is 8.87 Å². The van der Waals surface area contributed by atoms with Crippen LogP contribution in [-0.4, -0.2) is 23.8 Å². The van der Waals surface area contributed by atoms with E-state index in [4.69, 9.17) is 0 Å². The third-order valence-electron chi connectivity index (χ3n) is 4.20. The van der Waals surface area contributed by atoms with Gasteiger partial charge in [-0.15, -0.1) is 0 Å². The summed E-state index contributed by atoms with van der Waals surface area (Å²) in [5.41, 5.74) is 0.322. The van der Waals surface area contributed by atoms with E-state index in [0.717, 1.165) is 10.1 Å². The van der Waals surface area contributed by atoms with Crippen molar-refractivity contribution in [2.45, 2.75) is 18.4 Å². The van der Waals surface area contributed by atoms with E-state index in [2.05, 4.69) is 4.42 Å². The molecule has 2 aromatic carbocycles. The van der Waals surface area contributed by atoms with Crippen LogP contribution < -0.4 is 11.4 Å². The molecule has 0 amide bonds. The number of fused-ring (bicyclic) bond motifs is 1. The molecule has 1 heterocycles. The SMILES string of the molecule is CCN(Cc1ccccc1)S(=O)(=O)c1ccc2c(c1)c(=O)oc(=O)n2C. The summed E-state index contributed by atoms with van der Waals surface area (Å²) in [6.07, 6.45) is 0. The predicted molar refractivity (Wildman–Crippen MR) is 97.4 cm³/mol. The van der Waals surface area contributed by atoms with Crippen LogP contribution in [0.5, 0.6) is 0 Å². The fourth-order valence-corrected chi connectivity index (χ4v) is 4.20. The minimum atomic E-state index is -3.82. The Labute approximate surface area is 150 Å². The van der Waals surface area contributed by atoms with Gasteiger partial charge in [-0.25, -0.2) is 18.0 Å². The third kappa shape index (κ3) is 3.21. The number of hydrogen-bond donors (Lipinski definition) is 0. The second-order valence-corrected chi connectivity index (χ2v) is 7.75. The number of aromatic nitrogens is 1. The molecule has 0 aliphatic heterocycles. The number of sulfonamides is 1. The summed E-state index contributed by atoms with van der Waals surface area (Å²) in [5, 5.41) is 0.0453. The van der Waals surface area contributed by atoms with E-state index in [0.29, 0.717) is 5.52 Å². The predicted octanol–water partition coefficient (Wildman–Crippen LogP) is 1.70. The zero-order valence-electron chi connectivity index (χ0n) is 14.4. The summed E-state index contributed by atoms with van der Waals surface area (Å²) in [6.45, 7) is 2.25. The van der Waals surface area contributed by atoms with Crippen LogP contribution in [0.1, 0.15) is 12.5 Å². The van der Waals surface area contributed by atoms with Gasteiger partial charge < -0.3 is 4.42 Å². The van der Waals surface area contributed by atoms with Crippen LogP contribution in [0.2, 0.25) is 0 Å². The standard InChI is InChI=1S/C18H18N2O5S/c1-3-20(12-13-7-5-4-6-8-13)26(23,24)14-9-10-16-15(11-14)17(21)25-18(22)19(16)2/h4-11H,3,12H2,1-2H3. The van der Waals surface area contributed by atoms with Crippen molar-refractivity contribution < 1.29 is 12.8 Å². The normalized spacial score (nSPS) is 12.0. The molecule has 0 fully saturated rings. The molecule has 0 spiro atoms. The molecule has 0 N–H and O–H groups in total. The van der Waals surface area contributed by atoms with E-state index >= 15 is 0 Å². The minimum absolute atomic E-state index is 0.0197. The maximum absolute atomic E-state index is 13.0. The Kier molecular flexibility index (Phi) is 4.80. The smallest absolute Gasteiger partial charge is 0.372 e. The number of benzene rings is 2. The number of rotatable bonds is 5. The first kappa shape index (κ1) is 18.1. The maximum atomic E-state index is 13.0. The molecule has 8 heteroatoms. The Morgan fingerprint density at radius 1 is 1.08 bits per heavy atom. The molecular weight excluding hydrogens is 356 g/mol. The van der Waals surface area contributed by atoms with Gasteiger partial charge in [-0.05, 0) is 23.8 Å². The van der Waals surface area contributed by atoms with E-state index in [-0.39, 0.29) is 23.4 Å². The summed E-state index contributed by atoms with van der Waals surface area (Å²) in [7, 11) is -2.36. The molecule has 0 aliphatic carbocycles. The average molecular weight is 374 g/mol. The average Bonchev–Trinajstić information content (AvgIpc) is 2.64. The Morgan fingerprint density at radius 3 is 2.42 bits per heavy atom. The fraction of sp³-hybridized carbons (Fsp3) is 0.222. The van der Waals surface area contributed by atoms with Crippen LogP contribution in [0.3, 0.4) is 0 Å². The minimum Gasteiger partial charge on any atom is -0.372 e. The van der Waals surface area contributed by atoms with Crippen molar-refractivity contribution in [2.75, 3.05) is 6.54 Å². The van der Waals surface area contributed by atoms with Gasteiger partial charge in [0.1, 0.15) is 0 Å². The fourth-order valence-electron chi connectivity index (χ4n) is 2.74. The van der Waals surface area contributed by atoms with Gasteiger partial charge in [0.15, 0.2) is 0 Å². The zero-order chi connectivity index (χ0) is 18.9. The van der Waals surface area contributed by atoms with Crippen LogP contribution in [0.4, 0.5) is 0 Å². The molecule has 0 saturated heterocycles. The van der Waals surface area contributed by atoms with E-state index in [1.165, 1.54) is 29.6 Å². The number of hydrogen-bond acceptors (Lipinski definition) is 5. The second-order valence-electron chi connectivity index (χ2n) is 5.81. The molecule has 3 rings (SSSR count). The molecule has 0 aliphatic rings. The molecular formula is C18H18N2O5S. The Morgan fingerprint density at radius 2 is 1.77 bits per heavy atom. The molecule has 0 unspecified atom stereocenters. The van der Waals surface area contributed by atoms with Gasteiger partial charge in [-0.3, -0.25) is 4.57 Å². The largest absolute Gasteiger partial charge is 0.422 e. The first-order chi connectivity index (χ1) is 12.3. The summed E-state index contributed by atoms with van der Waals surface area (Å²) < 4.78 is 33.1. The Balaban J connectivity index is 2.08. The molecule has 3 aromatic rings. The number of nitrogens with zero attached hydrogens (tertiary/aromatic N) is 2. The molecule has 26 heavy (non-hydrogen) atoms. The van der Waals surface area contributed by atoms with E-state index in [9.17, 15) is 18.0 Å². The summed E-state index contributed by atoms with van der Waals surface area (Å²) >= 11 is 0. The van der Waals surface area contributed by atoms with Crippen LogP contribution >= 0.6 is 0 Å². The summed E-state index contributed by atoms with van der Waals surface area (Å²) in [6, 6.07) is 13.3. The van der Waals surface area contributed by atoms with Gasteiger partial charge >= 0.3 is 11.4 Å². The van der Waals surface area contributed by atoms with Crippen molar-refractivity contribution in [3.63, 3.8) is 0 Å².